The van der Waals surface area contributed by atoms with Crippen LogP contribution in [-0.2, 0) is 11.4 Å². The molecule has 1 aliphatic rings. The molecular weight excluding hydrogens is 478 g/mol. The Morgan fingerprint density at radius 3 is 2.28 bits per heavy atom. The number of hydrogen-bond donors (Lipinski definition) is 1. The number of likely N-dealkylation sites (N-methyl/N-ethyl adjacent to an activating group) is 1. The third kappa shape index (κ3) is 4.72. The zero-order valence-corrected chi connectivity index (χ0v) is 21.6. The average Bonchev–Trinajstić information content (AvgIpc) is 3.39. The van der Waals surface area contributed by atoms with Gasteiger partial charge in [0.1, 0.15) is 36.2 Å². The van der Waals surface area contributed by atoms with E-state index >= 15 is 0 Å². The summed E-state index contributed by atoms with van der Waals surface area (Å²) in [5, 5.41) is 5.64. The summed E-state index contributed by atoms with van der Waals surface area (Å²) in [6.45, 7) is 1.81. The van der Waals surface area contributed by atoms with E-state index in [4.69, 9.17) is 19.0 Å². The molecule has 188 valence electrons. The number of aromatic nitrogens is 1. The lowest BCUT2D eigenvalue weighted by Gasteiger charge is -2.13. The minimum absolute atomic E-state index is 0. The van der Waals surface area contributed by atoms with Crippen molar-refractivity contribution in [2.75, 3.05) is 41.5 Å². The van der Waals surface area contributed by atoms with Crippen LogP contribution in [0.3, 0.4) is 0 Å². The molecule has 0 saturated carbocycles. The van der Waals surface area contributed by atoms with Crippen molar-refractivity contribution in [1.82, 2.24) is 9.88 Å². The summed E-state index contributed by atoms with van der Waals surface area (Å²) < 4.78 is 17.5. The summed E-state index contributed by atoms with van der Waals surface area (Å²) in [7, 11) is 7.39. The number of fused-ring (bicyclic) bond motifs is 5. The van der Waals surface area contributed by atoms with Crippen LogP contribution in [0.4, 0.5) is 0 Å². The number of methoxy groups -OCH3 is 2. The molecule has 0 spiro atoms. The number of ether oxygens (including phenoxy) is 3. The number of oxime groups is 1. The zero-order valence-electron chi connectivity index (χ0n) is 20.8. The first kappa shape index (κ1) is 25.4. The molecule has 0 unspecified atom stereocenters. The lowest BCUT2D eigenvalue weighted by molar-refractivity contribution is 0.131. The van der Waals surface area contributed by atoms with Crippen molar-refractivity contribution in [2.24, 2.45) is 5.16 Å². The Morgan fingerprint density at radius 2 is 1.58 bits per heavy atom. The molecule has 0 radical (unpaired) electrons. The summed E-state index contributed by atoms with van der Waals surface area (Å²) in [6.07, 6.45) is 0. The molecule has 5 rings (SSSR count). The fraction of sp³-hybridized carbons (Fsp3) is 0.250. The fourth-order valence-corrected chi connectivity index (χ4v) is 4.39. The number of H-pyrrole nitrogens is 1. The normalized spacial score (nSPS) is 12.9. The Morgan fingerprint density at radius 1 is 0.861 bits per heavy atom. The number of hydrogen-bond acceptors (Lipinski definition) is 6. The molecule has 0 saturated heterocycles. The van der Waals surface area contributed by atoms with Crippen LogP contribution in [-0.4, -0.2) is 57.1 Å². The van der Waals surface area contributed by atoms with Gasteiger partial charge in [-0.25, -0.2) is 0 Å². The molecule has 0 bridgehead atoms. The smallest absolute Gasteiger partial charge is 0.142 e. The number of rotatable bonds is 9. The maximum absolute atomic E-state index is 6.02. The molecule has 4 aromatic rings. The molecule has 8 heteroatoms. The van der Waals surface area contributed by atoms with Gasteiger partial charge in [-0.3, -0.25) is 0 Å². The predicted molar refractivity (Wildman–Crippen MR) is 145 cm³/mol. The van der Waals surface area contributed by atoms with Crippen molar-refractivity contribution in [3.63, 3.8) is 0 Å². The predicted octanol–water partition coefficient (Wildman–Crippen LogP) is 5.50. The van der Waals surface area contributed by atoms with E-state index < -0.39 is 0 Å². The first-order chi connectivity index (χ1) is 17.1. The van der Waals surface area contributed by atoms with Crippen molar-refractivity contribution in [2.45, 2.75) is 6.61 Å². The molecule has 1 heterocycles. The summed E-state index contributed by atoms with van der Waals surface area (Å²) in [5.74, 6) is 2.25. The van der Waals surface area contributed by atoms with Crippen LogP contribution in [0.2, 0.25) is 0 Å². The largest absolute Gasteiger partial charge is 0.496 e. The Kier molecular flexibility index (Phi) is 7.72. The fourth-order valence-electron chi connectivity index (χ4n) is 4.39. The van der Waals surface area contributed by atoms with Crippen LogP contribution in [0.5, 0.6) is 17.2 Å². The number of halogens is 1. The summed E-state index contributed by atoms with van der Waals surface area (Å²) in [4.78, 5) is 11.5. The molecule has 36 heavy (non-hydrogen) atoms. The topological polar surface area (TPSA) is 68.3 Å². The molecule has 0 amide bonds. The van der Waals surface area contributed by atoms with Crippen LogP contribution in [0, 0.1) is 0 Å². The standard InChI is InChI=1S/C28H29N3O4.ClH/c1-31(2)14-15-34-19-10-11-21-20(16-19)24-27(29-21)25-22(32-3)12-13-23(33-4)26(25)28(24)30-35-17-18-8-6-5-7-9-18;/h5-13,16,29H,14-15,17H2,1-4H3;1H. The molecule has 0 fully saturated rings. The van der Waals surface area contributed by atoms with E-state index in [1.165, 1.54) is 0 Å². The van der Waals surface area contributed by atoms with Gasteiger partial charge >= 0.3 is 0 Å². The summed E-state index contributed by atoms with van der Waals surface area (Å²) in [6, 6.07) is 19.9. The van der Waals surface area contributed by atoms with Gasteiger partial charge in [0.05, 0.1) is 31.0 Å². The number of nitrogens with one attached hydrogen (secondary N) is 1. The maximum atomic E-state index is 6.02. The van der Waals surface area contributed by atoms with Gasteiger partial charge in [-0.05, 0) is 50.0 Å². The average molecular weight is 508 g/mol. The van der Waals surface area contributed by atoms with E-state index in [9.17, 15) is 0 Å². The van der Waals surface area contributed by atoms with E-state index in [-0.39, 0.29) is 12.4 Å². The van der Waals surface area contributed by atoms with Crippen molar-refractivity contribution >= 4 is 29.0 Å². The van der Waals surface area contributed by atoms with Gasteiger partial charge in [-0.1, -0.05) is 35.5 Å². The Labute approximate surface area is 217 Å². The van der Waals surface area contributed by atoms with Crippen LogP contribution < -0.4 is 14.2 Å². The number of aromatic amines is 1. The first-order valence-electron chi connectivity index (χ1n) is 11.5. The van der Waals surface area contributed by atoms with Crippen molar-refractivity contribution in [1.29, 1.82) is 0 Å². The van der Waals surface area contributed by atoms with Gasteiger partial charge in [-0.15, -0.1) is 12.4 Å². The first-order valence-corrected chi connectivity index (χ1v) is 11.5. The Hall–Kier alpha value is -3.68. The number of nitrogens with zero attached hydrogens (tertiary/aromatic N) is 2. The lowest BCUT2D eigenvalue weighted by Crippen LogP contribution is -2.19. The van der Waals surface area contributed by atoms with Gasteiger partial charge in [0, 0.05) is 23.0 Å². The molecule has 3 aromatic carbocycles. The van der Waals surface area contributed by atoms with Crippen LogP contribution >= 0.6 is 12.4 Å². The monoisotopic (exact) mass is 507 g/mol. The highest BCUT2D eigenvalue weighted by atomic mass is 35.5. The van der Waals surface area contributed by atoms with Gasteiger partial charge in [0.2, 0.25) is 0 Å². The Balaban J connectivity index is 0.00000304. The van der Waals surface area contributed by atoms with Gasteiger partial charge in [0.15, 0.2) is 0 Å². The van der Waals surface area contributed by atoms with Gasteiger partial charge in [0.25, 0.3) is 0 Å². The number of benzene rings is 3. The van der Waals surface area contributed by atoms with Crippen LogP contribution in [0.25, 0.3) is 22.2 Å². The lowest BCUT2D eigenvalue weighted by atomic mass is 10.0. The molecular formula is C28H30ClN3O4. The van der Waals surface area contributed by atoms with Gasteiger partial charge in [-0.2, -0.15) is 0 Å². The summed E-state index contributed by atoms with van der Waals surface area (Å²) in [5.41, 5.74) is 6.38. The Bertz CT molecular complexity index is 1380. The van der Waals surface area contributed by atoms with Crippen molar-refractivity contribution in [3.05, 3.63) is 77.4 Å². The molecule has 0 atom stereocenters. The van der Waals surface area contributed by atoms with Crippen LogP contribution in [0.15, 0.2) is 65.8 Å². The maximum Gasteiger partial charge on any atom is 0.142 e. The van der Waals surface area contributed by atoms with Crippen LogP contribution in [0.1, 0.15) is 16.7 Å². The molecule has 1 N–H and O–H groups in total. The second-order valence-corrected chi connectivity index (χ2v) is 8.65. The minimum atomic E-state index is 0. The molecule has 7 nitrogen and oxygen atoms in total. The SMILES string of the molecule is COc1ccc(OC)c2c1C(=NOCc1ccccc1)c1c-2[nH]c2ccc(OCCN(C)C)cc12.Cl. The van der Waals surface area contributed by atoms with Crippen molar-refractivity contribution < 1.29 is 19.0 Å². The highest BCUT2D eigenvalue weighted by molar-refractivity contribution is 6.31. The second kappa shape index (κ2) is 10.9. The van der Waals surface area contributed by atoms with Crippen molar-refractivity contribution in [3.8, 4) is 28.5 Å². The third-order valence-electron chi connectivity index (χ3n) is 6.10. The van der Waals surface area contributed by atoms with Gasteiger partial charge < -0.3 is 28.9 Å². The summed E-state index contributed by atoms with van der Waals surface area (Å²) >= 11 is 0. The van der Waals surface area contributed by atoms with E-state index in [1.54, 1.807) is 14.2 Å². The third-order valence-corrected chi connectivity index (χ3v) is 6.10. The zero-order chi connectivity index (χ0) is 24.4. The van der Waals surface area contributed by atoms with E-state index in [0.29, 0.717) is 24.7 Å². The highest BCUT2D eigenvalue weighted by Crippen LogP contribution is 2.49. The van der Waals surface area contributed by atoms with E-state index in [1.807, 2.05) is 68.7 Å². The molecule has 1 aromatic heterocycles. The highest BCUT2D eigenvalue weighted by Gasteiger charge is 2.35. The minimum Gasteiger partial charge on any atom is -0.496 e. The quantitative estimate of drug-likeness (QED) is 0.267. The molecule has 1 aliphatic carbocycles. The second-order valence-electron chi connectivity index (χ2n) is 8.65. The van der Waals surface area contributed by atoms with E-state index in [0.717, 1.165) is 56.9 Å². The molecule has 0 aliphatic heterocycles. The van der Waals surface area contributed by atoms with E-state index in [2.05, 4.69) is 21.1 Å².